The van der Waals surface area contributed by atoms with Crippen molar-refractivity contribution < 1.29 is 0 Å². The van der Waals surface area contributed by atoms with Crippen LogP contribution in [0.15, 0.2) is 38.0 Å². The van der Waals surface area contributed by atoms with Crippen molar-refractivity contribution in [2.24, 2.45) is 9.98 Å². The van der Waals surface area contributed by atoms with Crippen molar-refractivity contribution in [2.75, 3.05) is 11.5 Å². The molecule has 0 unspecified atom stereocenters. The predicted octanol–water partition coefficient (Wildman–Crippen LogP) is 4.89. The Hall–Kier alpha value is -1.000. The molecule has 2 nitrogen and oxygen atoms in total. The zero-order valence-corrected chi connectivity index (χ0v) is 13.0. The first-order chi connectivity index (χ1) is 9.15. The fourth-order valence-corrected chi connectivity index (χ4v) is 5.05. The second kappa shape index (κ2) is 5.17. The summed E-state index contributed by atoms with van der Waals surface area (Å²) in [5, 5.41) is 0. The van der Waals surface area contributed by atoms with E-state index in [0.717, 1.165) is 22.8 Å². The van der Waals surface area contributed by atoms with E-state index < -0.39 is 0 Å². The molecule has 0 saturated carbocycles. The van der Waals surface area contributed by atoms with Gasteiger partial charge >= 0.3 is 0 Å². The molecule has 0 N–H and O–H groups in total. The van der Waals surface area contributed by atoms with Crippen LogP contribution in [0.1, 0.15) is 19.4 Å². The molecule has 0 bridgehead atoms. The molecule has 2 heterocycles. The highest BCUT2D eigenvalue weighted by molar-refractivity contribution is 8.25. The van der Waals surface area contributed by atoms with Crippen LogP contribution in [0.25, 0.3) is 0 Å². The summed E-state index contributed by atoms with van der Waals surface area (Å²) in [7, 11) is 0. The summed E-state index contributed by atoms with van der Waals surface area (Å²) >= 11 is 3.86. The zero-order chi connectivity index (χ0) is 13.4. The Kier molecular flexibility index (Phi) is 3.54. The maximum atomic E-state index is 4.79. The standard InChI is InChI=1S/C15H16N2S2/c1-9-4-5-12-13(8-9)17-11(3)14(10(2)16-12)15-18-6-7-19-15/h4-5,8H,6-7H2,1-3H3. The summed E-state index contributed by atoms with van der Waals surface area (Å²) < 4.78 is 1.38. The minimum Gasteiger partial charge on any atom is -0.251 e. The number of benzene rings is 1. The van der Waals surface area contributed by atoms with Crippen LogP contribution < -0.4 is 0 Å². The first-order valence-corrected chi connectivity index (χ1v) is 8.34. The van der Waals surface area contributed by atoms with E-state index in [9.17, 15) is 0 Å². The number of aliphatic imine (C=N–C) groups is 2. The summed E-state index contributed by atoms with van der Waals surface area (Å²) in [6, 6.07) is 6.27. The fraction of sp³-hybridized carbons (Fsp3) is 0.333. The molecule has 0 radical (unpaired) electrons. The van der Waals surface area contributed by atoms with Gasteiger partial charge in [0.05, 0.1) is 15.6 Å². The van der Waals surface area contributed by atoms with Crippen LogP contribution in [0.4, 0.5) is 11.4 Å². The third kappa shape index (κ3) is 2.51. The van der Waals surface area contributed by atoms with Crippen molar-refractivity contribution in [2.45, 2.75) is 20.8 Å². The van der Waals surface area contributed by atoms with Gasteiger partial charge in [-0.3, -0.25) is 9.98 Å². The topological polar surface area (TPSA) is 24.7 Å². The van der Waals surface area contributed by atoms with Gasteiger partial charge in [-0.05, 0) is 38.5 Å². The van der Waals surface area contributed by atoms with Gasteiger partial charge in [0, 0.05) is 28.5 Å². The van der Waals surface area contributed by atoms with E-state index in [0.29, 0.717) is 0 Å². The molecule has 2 aliphatic heterocycles. The van der Waals surface area contributed by atoms with E-state index in [-0.39, 0.29) is 0 Å². The minimum atomic E-state index is 0.978. The number of hydrogen-bond acceptors (Lipinski definition) is 4. The molecule has 1 aromatic rings. The fourth-order valence-electron chi connectivity index (χ4n) is 2.30. The van der Waals surface area contributed by atoms with Gasteiger partial charge in [-0.15, -0.1) is 23.5 Å². The summed E-state index contributed by atoms with van der Waals surface area (Å²) in [5.74, 6) is 2.38. The molecule has 19 heavy (non-hydrogen) atoms. The van der Waals surface area contributed by atoms with Crippen LogP contribution in [0.2, 0.25) is 0 Å². The number of nitrogens with zero attached hydrogens (tertiary/aromatic N) is 2. The van der Waals surface area contributed by atoms with Crippen molar-refractivity contribution in [3.8, 4) is 0 Å². The van der Waals surface area contributed by atoms with Gasteiger partial charge in [0.25, 0.3) is 0 Å². The Morgan fingerprint density at radius 3 is 2.21 bits per heavy atom. The molecule has 1 aromatic carbocycles. The second-order valence-electron chi connectivity index (χ2n) is 4.75. The van der Waals surface area contributed by atoms with Crippen molar-refractivity contribution >= 4 is 46.3 Å². The Morgan fingerprint density at radius 1 is 0.895 bits per heavy atom. The monoisotopic (exact) mass is 288 g/mol. The Morgan fingerprint density at radius 2 is 1.53 bits per heavy atom. The van der Waals surface area contributed by atoms with E-state index >= 15 is 0 Å². The number of thioether (sulfide) groups is 2. The maximum absolute atomic E-state index is 4.79. The number of hydrogen-bond donors (Lipinski definition) is 0. The molecule has 98 valence electrons. The normalized spacial score (nSPS) is 18.9. The van der Waals surface area contributed by atoms with Gasteiger partial charge in [0.15, 0.2) is 0 Å². The lowest BCUT2D eigenvalue weighted by Gasteiger charge is -2.07. The average molecular weight is 288 g/mol. The van der Waals surface area contributed by atoms with Crippen molar-refractivity contribution in [1.82, 2.24) is 0 Å². The van der Waals surface area contributed by atoms with E-state index in [1.807, 2.05) is 23.5 Å². The molecule has 1 fully saturated rings. The van der Waals surface area contributed by atoms with E-state index in [2.05, 4.69) is 39.0 Å². The van der Waals surface area contributed by atoms with Crippen molar-refractivity contribution in [1.29, 1.82) is 0 Å². The smallest absolute Gasteiger partial charge is 0.0892 e. The lowest BCUT2D eigenvalue weighted by Crippen LogP contribution is -2.07. The van der Waals surface area contributed by atoms with Gasteiger partial charge < -0.3 is 0 Å². The van der Waals surface area contributed by atoms with Crippen molar-refractivity contribution in [3.63, 3.8) is 0 Å². The molecule has 0 aromatic heterocycles. The molecule has 0 spiro atoms. The molecule has 0 aliphatic carbocycles. The number of aryl methyl sites for hydroxylation is 1. The quantitative estimate of drug-likeness (QED) is 0.679. The Balaban J connectivity index is 2.19. The minimum absolute atomic E-state index is 0.978. The van der Waals surface area contributed by atoms with Gasteiger partial charge in [-0.25, -0.2) is 0 Å². The van der Waals surface area contributed by atoms with Gasteiger partial charge in [0.2, 0.25) is 0 Å². The third-order valence-electron chi connectivity index (χ3n) is 3.18. The first-order valence-electron chi connectivity index (χ1n) is 6.37. The Bertz CT molecular complexity index is 619. The molecular formula is C15H16N2S2. The van der Waals surface area contributed by atoms with Gasteiger partial charge in [-0.2, -0.15) is 0 Å². The van der Waals surface area contributed by atoms with E-state index in [1.54, 1.807) is 0 Å². The zero-order valence-electron chi connectivity index (χ0n) is 11.4. The molecule has 3 rings (SSSR count). The summed E-state index contributed by atoms with van der Waals surface area (Å²) in [6.45, 7) is 6.28. The maximum Gasteiger partial charge on any atom is 0.0892 e. The SMILES string of the molecule is CC1=Nc2ccc(C)cc2N=C(C)C1=C1SCCS1. The highest BCUT2D eigenvalue weighted by Crippen LogP contribution is 2.41. The number of fused-ring (bicyclic) bond motifs is 1. The molecule has 0 atom stereocenters. The van der Waals surface area contributed by atoms with Gasteiger partial charge in [-0.1, -0.05) is 6.07 Å². The highest BCUT2D eigenvalue weighted by Gasteiger charge is 2.21. The largest absolute Gasteiger partial charge is 0.251 e. The predicted molar refractivity (Wildman–Crippen MR) is 88.7 cm³/mol. The first kappa shape index (κ1) is 13.0. The summed E-state index contributed by atoms with van der Waals surface area (Å²) in [6.07, 6.45) is 0. The number of allylic oxidation sites excluding steroid dienone is 1. The molecule has 2 aliphatic rings. The lowest BCUT2D eigenvalue weighted by molar-refractivity contribution is 1.39. The second-order valence-corrected chi connectivity index (χ2v) is 7.21. The summed E-state index contributed by atoms with van der Waals surface area (Å²) in [4.78, 5) is 9.57. The van der Waals surface area contributed by atoms with Crippen LogP contribution in [0, 0.1) is 6.92 Å². The van der Waals surface area contributed by atoms with Crippen LogP contribution in [-0.4, -0.2) is 22.9 Å². The summed E-state index contributed by atoms with van der Waals surface area (Å²) in [5.41, 5.74) is 6.60. The lowest BCUT2D eigenvalue weighted by atomic mass is 10.1. The van der Waals surface area contributed by atoms with E-state index in [4.69, 9.17) is 9.98 Å². The van der Waals surface area contributed by atoms with Crippen LogP contribution in [-0.2, 0) is 0 Å². The van der Waals surface area contributed by atoms with Crippen LogP contribution >= 0.6 is 23.5 Å². The van der Waals surface area contributed by atoms with Gasteiger partial charge in [0.1, 0.15) is 0 Å². The average Bonchev–Trinajstić information content (AvgIpc) is 2.82. The van der Waals surface area contributed by atoms with E-state index in [1.165, 1.54) is 26.9 Å². The number of rotatable bonds is 0. The van der Waals surface area contributed by atoms with Crippen LogP contribution in [0.3, 0.4) is 0 Å². The third-order valence-corrected chi connectivity index (χ3v) is 5.90. The highest BCUT2D eigenvalue weighted by atomic mass is 32.2. The molecule has 1 saturated heterocycles. The van der Waals surface area contributed by atoms with Crippen LogP contribution in [0.5, 0.6) is 0 Å². The van der Waals surface area contributed by atoms with Crippen molar-refractivity contribution in [3.05, 3.63) is 33.6 Å². The molecule has 0 amide bonds. The Labute approximate surface area is 122 Å². The molecular weight excluding hydrogens is 272 g/mol. The molecule has 4 heteroatoms.